The number of furan rings is 1. The number of carbonyl (C=O) groups excluding carboxylic acids is 2. The summed E-state index contributed by atoms with van der Waals surface area (Å²) in [5, 5.41) is 12.0. The number of rotatable bonds is 8. The molecule has 1 aliphatic heterocycles. The number of aliphatic hydroxyl groups excluding tert-OH is 1. The van der Waals surface area contributed by atoms with Gasteiger partial charge in [-0.15, -0.1) is 0 Å². The zero-order chi connectivity index (χ0) is 24.6. The SMILES string of the molecule is CC(C)OCCN1C(=O)C(O)=C(C(=O)c2cc3cc(Cl)ccc3o2)C1c1ccc(N(C)C)cc1. The summed E-state index contributed by atoms with van der Waals surface area (Å²) >= 11 is 6.06. The fraction of sp³-hybridized carbons (Fsp3) is 0.308. The molecule has 3 aromatic rings. The Balaban J connectivity index is 1.75. The van der Waals surface area contributed by atoms with Crippen molar-refractivity contribution in [1.29, 1.82) is 0 Å². The van der Waals surface area contributed by atoms with E-state index in [1.54, 1.807) is 24.3 Å². The predicted octanol–water partition coefficient (Wildman–Crippen LogP) is 5.16. The van der Waals surface area contributed by atoms with Crippen molar-refractivity contribution in [3.8, 4) is 0 Å². The fourth-order valence-electron chi connectivity index (χ4n) is 4.06. The first-order valence-electron chi connectivity index (χ1n) is 11.0. The number of hydrogen-bond donors (Lipinski definition) is 1. The molecular formula is C26H27ClN2O5. The molecule has 178 valence electrons. The molecule has 1 aliphatic rings. The molecule has 1 aromatic heterocycles. The van der Waals surface area contributed by atoms with Gasteiger partial charge in [0, 0.05) is 36.7 Å². The van der Waals surface area contributed by atoms with Crippen LogP contribution >= 0.6 is 11.6 Å². The van der Waals surface area contributed by atoms with Gasteiger partial charge in [-0.25, -0.2) is 0 Å². The van der Waals surface area contributed by atoms with E-state index >= 15 is 0 Å². The van der Waals surface area contributed by atoms with E-state index in [0.717, 1.165) is 5.69 Å². The lowest BCUT2D eigenvalue weighted by molar-refractivity contribution is -0.130. The average molecular weight is 483 g/mol. The highest BCUT2D eigenvalue weighted by molar-refractivity contribution is 6.31. The number of halogens is 1. The van der Waals surface area contributed by atoms with Crippen LogP contribution in [0.4, 0.5) is 5.69 Å². The van der Waals surface area contributed by atoms with Gasteiger partial charge in [0.1, 0.15) is 5.58 Å². The molecule has 1 amide bonds. The van der Waals surface area contributed by atoms with E-state index < -0.39 is 23.5 Å². The highest BCUT2D eigenvalue weighted by Gasteiger charge is 2.44. The van der Waals surface area contributed by atoms with Crippen LogP contribution in [0.3, 0.4) is 0 Å². The average Bonchev–Trinajstić information content (AvgIpc) is 3.32. The summed E-state index contributed by atoms with van der Waals surface area (Å²) in [5.74, 6) is -1.71. The number of carbonyl (C=O) groups is 2. The van der Waals surface area contributed by atoms with Gasteiger partial charge in [-0.3, -0.25) is 9.59 Å². The zero-order valence-corrected chi connectivity index (χ0v) is 20.3. The maximum absolute atomic E-state index is 13.6. The fourth-order valence-corrected chi connectivity index (χ4v) is 4.24. The number of nitrogens with zero attached hydrogens (tertiary/aromatic N) is 2. The maximum Gasteiger partial charge on any atom is 0.290 e. The van der Waals surface area contributed by atoms with Gasteiger partial charge >= 0.3 is 0 Å². The molecule has 0 saturated heterocycles. The molecule has 0 saturated carbocycles. The molecule has 0 aliphatic carbocycles. The zero-order valence-electron chi connectivity index (χ0n) is 19.5. The second-order valence-electron chi connectivity index (χ2n) is 8.69. The van der Waals surface area contributed by atoms with Gasteiger partial charge in [-0.2, -0.15) is 0 Å². The van der Waals surface area contributed by atoms with Gasteiger partial charge in [-0.05, 0) is 55.8 Å². The first-order valence-corrected chi connectivity index (χ1v) is 11.4. The molecule has 7 nitrogen and oxygen atoms in total. The third-order valence-electron chi connectivity index (χ3n) is 5.76. The maximum atomic E-state index is 13.6. The smallest absolute Gasteiger partial charge is 0.290 e. The monoisotopic (exact) mass is 482 g/mol. The van der Waals surface area contributed by atoms with Crippen molar-refractivity contribution in [3.63, 3.8) is 0 Å². The van der Waals surface area contributed by atoms with E-state index in [0.29, 0.717) is 21.6 Å². The summed E-state index contributed by atoms with van der Waals surface area (Å²) < 4.78 is 11.4. The van der Waals surface area contributed by atoms with E-state index in [-0.39, 0.29) is 30.6 Å². The summed E-state index contributed by atoms with van der Waals surface area (Å²) in [6.07, 6.45) is -0.0134. The van der Waals surface area contributed by atoms with Crippen LogP contribution in [0.2, 0.25) is 5.02 Å². The lowest BCUT2D eigenvalue weighted by Gasteiger charge is -2.27. The third kappa shape index (κ3) is 4.54. The summed E-state index contributed by atoms with van der Waals surface area (Å²) in [5.41, 5.74) is 2.15. The van der Waals surface area contributed by atoms with Gasteiger partial charge in [0.25, 0.3) is 5.91 Å². The minimum atomic E-state index is -0.774. The number of aliphatic hydroxyl groups is 1. The summed E-state index contributed by atoms with van der Waals surface area (Å²) in [6, 6.07) is 13.4. The largest absolute Gasteiger partial charge is 0.503 e. The molecule has 0 bridgehead atoms. The molecular weight excluding hydrogens is 456 g/mol. The van der Waals surface area contributed by atoms with Crippen molar-refractivity contribution in [2.24, 2.45) is 0 Å². The minimum absolute atomic E-state index is 0.0134. The molecule has 8 heteroatoms. The van der Waals surface area contributed by atoms with Crippen molar-refractivity contribution in [2.75, 3.05) is 32.1 Å². The first kappa shape index (κ1) is 23.9. The molecule has 2 heterocycles. The molecule has 4 rings (SSSR count). The molecule has 1 unspecified atom stereocenters. The Morgan fingerprint density at radius 1 is 1.18 bits per heavy atom. The number of benzene rings is 2. The number of hydrogen-bond acceptors (Lipinski definition) is 6. The van der Waals surface area contributed by atoms with Gasteiger partial charge in [0.05, 0.1) is 24.3 Å². The topological polar surface area (TPSA) is 83.2 Å². The lowest BCUT2D eigenvalue weighted by Crippen LogP contribution is -2.34. The predicted molar refractivity (Wildman–Crippen MR) is 132 cm³/mol. The number of ether oxygens (including phenoxy) is 1. The molecule has 0 fully saturated rings. The van der Waals surface area contributed by atoms with Gasteiger partial charge in [-0.1, -0.05) is 23.7 Å². The third-order valence-corrected chi connectivity index (χ3v) is 5.99. The van der Waals surface area contributed by atoms with Crippen molar-refractivity contribution in [2.45, 2.75) is 26.0 Å². The number of anilines is 1. The Morgan fingerprint density at radius 2 is 1.88 bits per heavy atom. The second-order valence-corrected chi connectivity index (χ2v) is 9.13. The Kier molecular flexibility index (Phi) is 6.68. The summed E-state index contributed by atoms with van der Waals surface area (Å²) in [4.78, 5) is 30.1. The van der Waals surface area contributed by atoms with Crippen molar-refractivity contribution in [1.82, 2.24) is 4.90 Å². The Labute approximate surface area is 203 Å². The molecule has 34 heavy (non-hydrogen) atoms. The number of Topliss-reactive ketones (excluding diaryl/α,β-unsaturated/α-hetero) is 1. The Bertz CT molecular complexity index is 1260. The number of amides is 1. The lowest BCUT2D eigenvalue weighted by atomic mass is 9.94. The van der Waals surface area contributed by atoms with Crippen LogP contribution in [0.1, 0.15) is 36.0 Å². The van der Waals surface area contributed by atoms with E-state index in [1.807, 2.05) is 57.1 Å². The van der Waals surface area contributed by atoms with E-state index in [4.69, 9.17) is 20.8 Å². The Morgan fingerprint density at radius 3 is 2.53 bits per heavy atom. The molecule has 1 atom stereocenters. The normalized spacial score (nSPS) is 16.2. The Hall–Kier alpha value is -3.29. The number of fused-ring (bicyclic) bond motifs is 1. The highest BCUT2D eigenvalue weighted by atomic mass is 35.5. The van der Waals surface area contributed by atoms with Crippen molar-refractivity contribution >= 4 is 39.9 Å². The van der Waals surface area contributed by atoms with Gasteiger partial charge in [0.2, 0.25) is 5.78 Å². The van der Waals surface area contributed by atoms with Crippen molar-refractivity contribution < 1.29 is 23.8 Å². The van der Waals surface area contributed by atoms with Crippen LogP contribution in [0.25, 0.3) is 11.0 Å². The number of ketones is 1. The minimum Gasteiger partial charge on any atom is -0.503 e. The molecule has 0 radical (unpaired) electrons. The highest BCUT2D eigenvalue weighted by Crippen LogP contribution is 2.40. The summed E-state index contributed by atoms with van der Waals surface area (Å²) in [6.45, 7) is 4.30. The summed E-state index contributed by atoms with van der Waals surface area (Å²) in [7, 11) is 3.86. The van der Waals surface area contributed by atoms with Crippen LogP contribution in [-0.2, 0) is 9.53 Å². The van der Waals surface area contributed by atoms with Gasteiger partial charge in [0.15, 0.2) is 11.5 Å². The van der Waals surface area contributed by atoms with E-state index in [1.165, 1.54) is 4.90 Å². The van der Waals surface area contributed by atoms with Gasteiger partial charge < -0.3 is 24.1 Å². The van der Waals surface area contributed by atoms with E-state index in [9.17, 15) is 14.7 Å². The van der Waals surface area contributed by atoms with E-state index in [2.05, 4.69) is 0 Å². The molecule has 2 aromatic carbocycles. The van der Waals surface area contributed by atoms with Crippen LogP contribution in [0.15, 0.2) is 64.3 Å². The van der Waals surface area contributed by atoms with Crippen molar-refractivity contribution in [3.05, 3.63) is 76.2 Å². The van der Waals surface area contributed by atoms with Crippen LogP contribution in [0, 0.1) is 0 Å². The molecule has 0 spiro atoms. The van der Waals surface area contributed by atoms with Crippen LogP contribution < -0.4 is 4.90 Å². The van der Waals surface area contributed by atoms with Crippen LogP contribution in [-0.4, -0.2) is 55.0 Å². The quantitative estimate of drug-likeness (QED) is 0.447. The second kappa shape index (κ2) is 9.52. The standard InChI is InChI=1S/C26H27ClN2O5/c1-15(2)33-12-11-29-23(16-5-8-19(9-6-16)28(3)4)22(25(31)26(29)32)24(30)21-14-17-13-18(27)7-10-20(17)34-21/h5-10,13-15,23,31H,11-12H2,1-4H3. The van der Waals surface area contributed by atoms with Crippen LogP contribution in [0.5, 0.6) is 0 Å². The molecule has 1 N–H and O–H groups in total. The first-order chi connectivity index (χ1) is 16.2.